The maximum absolute atomic E-state index is 17.6. The fraction of sp³-hybridized carbons (Fsp3) is 0.353. The molecule has 20 atom stereocenters. The minimum Gasteiger partial charge on any atom is -0.462 e. The maximum atomic E-state index is 17.6. The number of hydrogen-bond donors (Lipinski definition) is 18. The zero-order valence-electron chi connectivity index (χ0n) is 54.2. The predicted molar refractivity (Wildman–Crippen MR) is 353 cm³/mol. The van der Waals surface area contributed by atoms with Gasteiger partial charge >= 0.3 is 0 Å². The van der Waals surface area contributed by atoms with Crippen LogP contribution in [0.25, 0.3) is 90.9 Å². The number of nitrogens with zero attached hydrogens (tertiary/aromatic N) is 2. The summed E-state index contributed by atoms with van der Waals surface area (Å²) in [4.78, 5) is 9.53. The summed E-state index contributed by atoms with van der Waals surface area (Å²) >= 11 is -0.816. The zero-order valence-corrected chi connectivity index (χ0v) is 56.6. The Morgan fingerprint density at radius 2 is 0.602 bits per heavy atom. The molecule has 4 fully saturated rings. The van der Waals surface area contributed by atoms with Crippen LogP contribution in [0.1, 0.15) is 22.8 Å². The van der Waals surface area contributed by atoms with Gasteiger partial charge in [0.2, 0.25) is 6.29 Å². The highest BCUT2D eigenvalue weighted by atomic mass is 32.2. The van der Waals surface area contributed by atoms with Crippen LogP contribution in [-0.2, 0) is 18.9 Å². The van der Waals surface area contributed by atoms with Crippen molar-refractivity contribution in [2.24, 2.45) is 0 Å². The van der Waals surface area contributed by atoms with Gasteiger partial charge in [-0.3, -0.25) is 0 Å². The largest absolute Gasteiger partial charge is 0.462 e. The molecule has 4 saturated heterocycles. The van der Waals surface area contributed by atoms with Gasteiger partial charge in [0.1, 0.15) is 120 Å². The lowest BCUT2D eigenvalue weighted by molar-refractivity contribution is -0.277. The van der Waals surface area contributed by atoms with E-state index in [1.165, 1.54) is 24.3 Å². The van der Waals surface area contributed by atoms with Crippen molar-refractivity contribution < 1.29 is 158 Å². The molecule has 0 radical (unpaired) electrons. The molecule has 9 heterocycles. The highest BCUT2D eigenvalue weighted by molar-refractivity contribution is 8.00. The van der Waals surface area contributed by atoms with E-state index < -0.39 is 304 Å². The first-order valence-corrected chi connectivity index (χ1v) is 34.7. The molecule has 7 aromatic rings. The topological polar surface area (TPSA) is 427 Å². The SMILES string of the molecule is OCC1O[C@@H](Oc2cccc(-c3c4nc(c(-c5c(F)c(F)c(S[C@@H]6OC(CO)[C@H](O)C(O)C6O)c(F)c5F)c5ccc([nH]5)c(-c5c(F)c(F)c(SC6O[C@H](CO)[C@@H](O)C(O)[C@H]6O)c(F)c5F)c5nc(c(-c6c(F)c(F)c(S[C@@H]7OC(CO)[C@H](O)C(O)C7O)c(F)c6F)c6ccc3[nH]6)C=C5)C=C4)c2)C(O)C(O)[C@@H]1O. The summed E-state index contributed by atoms with van der Waals surface area (Å²) in [5.74, 6) is -27.9. The van der Waals surface area contributed by atoms with E-state index in [4.69, 9.17) is 23.7 Å². The monoisotopic (exact) mass is 1590 g/mol. The number of aromatic amines is 2. The number of ether oxygens (including phenoxy) is 5. The van der Waals surface area contributed by atoms with Crippen LogP contribution in [0.15, 0.2) is 63.2 Å². The number of halogens is 12. The Morgan fingerprint density at radius 1 is 0.324 bits per heavy atom. The second-order valence-electron chi connectivity index (χ2n) is 25.2. The normalized spacial score (nSPS) is 29.3. The summed E-state index contributed by atoms with van der Waals surface area (Å²) in [7, 11) is 0. The van der Waals surface area contributed by atoms with Crippen LogP contribution in [-0.4, -0.2) is 248 Å². The van der Waals surface area contributed by atoms with Crippen LogP contribution in [0.3, 0.4) is 0 Å². The van der Waals surface area contributed by atoms with E-state index in [0.717, 1.165) is 48.6 Å². The molecule has 8 bridgehead atoms. The smallest absolute Gasteiger partial charge is 0.229 e. The molecule has 108 heavy (non-hydrogen) atoms. The number of aliphatic hydroxyl groups is 16. The molecule has 18 N–H and O–H groups in total. The van der Waals surface area contributed by atoms with Crippen molar-refractivity contribution in [1.29, 1.82) is 0 Å². The second kappa shape index (κ2) is 31.1. The first kappa shape index (κ1) is 78.8. The van der Waals surface area contributed by atoms with Crippen molar-refractivity contribution in [3.63, 3.8) is 0 Å². The quantitative estimate of drug-likeness (QED) is 0.0482. The second-order valence-corrected chi connectivity index (χ2v) is 28.5. The van der Waals surface area contributed by atoms with Crippen molar-refractivity contribution in [3.05, 3.63) is 141 Å². The van der Waals surface area contributed by atoms with Gasteiger partial charge in [-0.15, -0.1) is 0 Å². The molecule has 4 aromatic carbocycles. The minimum atomic E-state index is -2.39. The highest BCUT2D eigenvalue weighted by Gasteiger charge is 2.50. The predicted octanol–water partition coefficient (Wildman–Crippen LogP) is 3.85. The van der Waals surface area contributed by atoms with E-state index in [1.54, 1.807) is 0 Å². The Balaban J connectivity index is 1.11. The van der Waals surface area contributed by atoms with Crippen molar-refractivity contribution >= 4 is 81.7 Å². The van der Waals surface area contributed by atoms with E-state index in [0.29, 0.717) is 0 Å². The molecule has 578 valence electrons. The van der Waals surface area contributed by atoms with Crippen molar-refractivity contribution in [3.8, 4) is 50.3 Å². The van der Waals surface area contributed by atoms with Gasteiger partial charge in [-0.05, 0) is 66.3 Å². The van der Waals surface area contributed by atoms with E-state index in [1.807, 2.05) is 0 Å². The van der Waals surface area contributed by atoms with Crippen LogP contribution in [0, 0.1) is 69.8 Å². The number of nitrogens with one attached hydrogen (secondary N) is 2. The Labute approximate surface area is 609 Å². The van der Waals surface area contributed by atoms with Gasteiger partial charge in [0, 0.05) is 44.3 Å². The fourth-order valence-electron chi connectivity index (χ4n) is 13.0. The van der Waals surface area contributed by atoms with Crippen LogP contribution in [0.2, 0.25) is 0 Å². The van der Waals surface area contributed by atoms with Crippen molar-refractivity contribution in [2.45, 2.75) is 135 Å². The number of aliphatic hydroxyl groups excluding tert-OH is 16. The number of thioether (sulfide) groups is 3. The van der Waals surface area contributed by atoms with Gasteiger partial charge in [0.15, 0.2) is 69.8 Å². The molecule has 6 aliphatic rings. The molecule has 3 aromatic heterocycles. The Kier molecular flexibility index (Phi) is 22.7. The lowest BCUT2D eigenvalue weighted by Crippen LogP contribution is -2.60. The van der Waals surface area contributed by atoms with Crippen LogP contribution in [0.5, 0.6) is 5.75 Å². The Hall–Kier alpha value is -7.31. The fourth-order valence-corrected chi connectivity index (χ4v) is 16.3. The first-order chi connectivity index (χ1) is 51.3. The number of rotatable bonds is 16. The summed E-state index contributed by atoms with van der Waals surface area (Å²) in [6.07, 6.45) is -30.4. The number of H-pyrrole nitrogens is 2. The minimum absolute atomic E-state index is 0.108. The summed E-state index contributed by atoms with van der Waals surface area (Å²) in [5.41, 5.74) is -20.7. The first-order valence-electron chi connectivity index (χ1n) is 32.1. The molecule has 0 amide bonds. The summed E-state index contributed by atoms with van der Waals surface area (Å²) in [6.45, 7) is -4.13. The maximum Gasteiger partial charge on any atom is 0.229 e. The average molecular weight is 1590 g/mol. The van der Waals surface area contributed by atoms with Gasteiger partial charge in [-0.25, -0.2) is 62.7 Å². The summed E-state index contributed by atoms with van der Waals surface area (Å²) < 4.78 is 235. The molecule has 6 aliphatic heterocycles. The highest BCUT2D eigenvalue weighted by Crippen LogP contribution is 2.49. The van der Waals surface area contributed by atoms with Crippen LogP contribution >= 0.6 is 35.3 Å². The molecule has 40 heteroatoms. The summed E-state index contributed by atoms with van der Waals surface area (Å²) in [6, 6.07) is 8.68. The van der Waals surface area contributed by atoms with Gasteiger partial charge in [0.25, 0.3) is 0 Å². The van der Waals surface area contributed by atoms with Crippen molar-refractivity contribution in [1.82, 2.24) is 19.9 Å². The number of benzene rings is 4. The number of aromatic nitrogens is 4. The molecule has 11 unspecified atom stereocenters. The number of hydrogen-bond acceptors (Lipinski definition) is 26. The Bertz CT molecular complexity index is 4740. The lowest BCUT2D eigenvalue weighted by Gasteiger charge is -2.39. The molecule has 0 aliphatic carbocycles. The summed E-state index contributed by atoms with van der Waals surface area (Å²) in [5, 5.41) is 167. The van der Waals surface area contributed by atoms with Gasteiger partial charge in [-0.2, -0.15) is 0 Å². The van der Waals surface area contributed by atoms with Gasteiger partial charge in [-0.1, -0.05) is 47.4 Å². The third-order valence-electron chi connectivity index (χ3n) is 18.6. The Morgan fingerprint density at radius 3 is 0.907 bits per heavy atom. The molecule has 25 nitrogen and oxygen atoms in total. The molecule has 0 saturated carbocycles. The third kappa shape index (κ3) is 13.6. The average Bonchev–Trinajstić information content (AvgIpc) is 1.40. The van der Waals surface area contributed by atoms with E-state index >= 15 is 52.7 Å². The van der Waals surface area contributed by atoms with E-state index in [9.17, 15) is 81.7 Å². The van der Waals surface area contributed by atoms with E-state index in [-0.39, 0.29) is 57.7 Å². The van der Waals surface area contributed by atoms with Crippen molar-refractivity contribution in [2.75, 3.05) is 26.4 Å². The van der Waals surface area contributed by atoms with Crippen LogP contribution in [0.4, 0.5) is 52.7 Å². The molecule has 0 spiro atoms. The third-order valence-corrected chi connectivity index (χ3v) is 22.3. The van der Waals surface area contributed by atoms with Gasteiger partial charge < -0.3 is 115 Å². The van der Waals surface area contributed by atoms with Crippen LogP contribution < -0.4 is 4.74 Å². The molecular formula is C68H58F12N4O21S3. The number of fused-ring (bicyclic) bond motifs is 8. The lowest BCUT2D eigenvalue weighted by atomic mass is 9.99. The standard InChI is InChI=1S/C68H58F12N4O21S3/c69-38-35(39(70)45(76)62(44(38)75)106-66-59(98)55(94)51(90)28(14-86)103-66)32-21-6-4-19(81-21)31(17-2-1-3-18(12-17)101-65-58(97)54(93)50(89)27(13-85)102-65)20-5-7-22(82-20)33(36-40(71)46(77)63(47(78)41(36)72)107-67-60(99)56(95)52(91)29(15-87)104-67)24-9-11-26(84-24)34(25-10-8-23(32)83-25)37-42(73)48(79)64(49(80)43(37)74)108-68-61(100)57(96)53(92)30(16-88)105-68/h1-12,27-30,50-61,65-68,81,84-100H,13-16H2/t27?,28?,29?,30-,50-,51+,52+,53-,54?,55?,56?,57?,58?,59?,60?,61-,65-,66+,67+,68?/m1/s1. The molecule has 13 rings (SSSR count). The van der Waals surface area contributed by atoms with E-state index in [2.05, 4.69) is 19.9 Å². The zero-order chi connectivity index (χ0) is 77.8. The van der Waals surface area contributed by atoms with Gasteiger partial charge in [0.05, 0.1) is 80.6 Å². The molecular weight excluding hydrogens is 1530 g/mol.